The average Bonchev–Trinajstić information content (AvgIpc) is 2.83. The first-order valence-electron chi connectivity index (χ1n) is 11.4. The first kappa shape index (κ1) is 27.1. The molecule has 0 aliphatic carbocycles. The molecular weight excluding hydrogens is 500 g/mol. The fraction of sp³-hybridized carbons (Fsp3) is 0.296. The Morgan fingerprint density at radius 3 is 2.29 bits per heavy atom. The van der Waals surface area contributed by atoms with Gasteiger partial charge < -0.3 is 5.32 Å². The van der Waals surface area contributed by atoms with Crippen molar-refractivity contribution in [3.63, 3.8) is 0 Å². The Bertz CT molecular complexity index is 1240. The summed E-state index contributed by atoms with van der Waals surface area (Å²) >= 11 is 7.70. The molecule has 0 radical (unpaired) electrons. The van der Waals surface area contributed by atoms with Gasteiger partial charge in [-0.15, -0.1) is 0 Å². The van der Waals surface area contributed by atoms with Crippen LogP contribution in [-0.2, 0) is 20.6 Å². The van der Waals surface area contributed by atoms with Crippen LogP contribution >= 0.6 is 23.4 Å². The van der Waals surface area contributed by atoms with E-state index in [9.17, 15) is 13.2 Å². The Morgan fingerprint density at radius 2 is 1.60 bits per heavy atom. The van der Waals surface area contributed by atoms with Crippen molar-refractivity contribution in [2.45, 2.75) is 37.8 Å². The number of amides is 1. The van der Waals surface area contributed by atoms with E-state index in [4.69, 9.17) is 11.6 Å². The molecule has 3 aromatic rings. The largest absolute Gasteiger partial charge is 0.354 e. The fourth-order valence-corrected chi connectivity index (χ4v) is 6.01. The third-order valence-electron chi connectivity index (χ3n) is 5.50. The molecule has 3 aromatic carbocycles. The lowest BCUT2D eigenvalue weighted by atomic mass is 10.1. The van der Waals surface area contributed by atoms with Crippen LogP contribution in [0.2, 0.25) is 5.02 Å². The van der Waals surface area contributed by atoms with Gasteiger partial charge in [0.05, 0.1) is 10.6 Å². The summed E-state index contributed by atoms with van der Waals surface area (Å²) in [6.07, 6.45) is 0.790. The lowest BCUT2D eigenvalue weighted by Gasteiger charge is -2.26. The van der Waals surface area contributed by atoms with Crippen molar-refractivity contribution < 1.29 is 13.2 Å². The molecule has 0 aliphatic rings. The second kappa shape index (κ2) is 12.5. The summed E-state index contributed by atoms with van der Waals surface area (Å²) in [7, 11) is -3.92. The molecule has 35 heavy (non-hydrogen) atoms. The number of carbonyl (C=O) groups is 1. The van der Waals surface area contributed by atoms with E-state index >= 15 is 0 Å². The average molecular weight is 531 g/mol. The number of halogens is 1. The van der Waals surface area contributed by atoms with Gasteiger partial charge in [-0.1, -0.05) is 53.6 Å². The highest BCUT2D eigenvalue weighted by molar-refractivity contribution is 7.98. The van der Waals surface area contributed by atoms with E-state index in [1.54, 1.807) is 36.0 Å². The number of sulfonamides is 1. The van der Waals surface area contributed by atoms with Crippen LogP contribution < -0.4 is 9.62 Å². The van der Waals surface area contributed by atoms with Crippen LogP contribution in [0.4, 0.5) is 5.69 Å². The summed E-state index contributed by atoms with van der Waals surface area (Å²) in [5.74, 6) is 1.43. The van der Waals surface area contributed by atoms with Crippen molar-refractivity contribution in [2.24, 2.45) is 0 Å². The van der Waals surface area contributed by atoms with Crippen LogP contribution in [0.15, 0.2) is 71.6 Å². The first-order chi connectivity index (χ1) is 16.7. The van der Waals surface area contributed by atoms with E-state index < -0.39 is 10.0 Å². The normalized spacial score (nSPS) is 11.3. The van der Waals surface area contributed by atoms with Gasteiger partial charge in [-0.05, 0) is 80.0 Å². The second-order valence-corrected chi connectivity index (χ2v) is 11.9. The molecular formula is C27H31ClN2O3S2. The van der Waals surface area contributed by atoms with Crippen LogP contribution in [0.3, 0.4) is 0 Å². The monoisotopic (exact) mass is 530 g/mol. The first-order valence-corrected chi connectivity index (χ1v) is 14.4. The van der Waals surface area contributed by atoms with E-state index in [1.165, 1.54) is 9.87 Å². The van der Waals surface area contributed by atoms with Crippen LogP contribution in [0.5, 0.6) is 0 Å². The van der Waals surface area contributed by atoms with E-state index in [0.29, 0.717) is 12.2 Å². The predicted molar refractivity (Wildman–Crippen MR) is 147 cm³/mol. The summed E-state index contributed by atoms with van der Waals surface area (Å²) < 4.78 is 28.3. The van der Waals surface area contributed by atoms with Gasteiger partial charge in [0.15, 0.2) is 0 Å². The molecule has 0 aromatic heterocycles. The molecule has 1 amide bonds. The van der Waals surface area contributed by atoms with Crippen LogP contribution in [-0.4, -0.2) is 33.2 Å². The highest BCUT2D eigenvalue weighted by atomic mass is 35.5. The van der Waals surface area contributed by atoms with Gasteiger partial charge in [0.1, 0.15) is 6.54 Å². The standard InChI is InChI=1S/C27H31ClN2O3S2/c1-20-6-13-25(14-7-20)35(32,33)30(26-17-21(2)5-8-22(26)3)18-27(31)29-15-4-16-34-19-23-9-11-24(28)12-10-23/h5-14,17H,4,15-16,18-19H2,1-3H3,(H,29,31). The molecule has 0 saturated carbocycles. The molecule has 8 heteroatoms. The Balaban J connectivity index is 1.62. The minimum Gasteiger partial charge on any atom is -0.354 e. The Hall–Kier alpha value is -2.48. The van der Waals surface area contributed by atoms with E-state index in [-0.39, 0.29) is 17.3 Å². The molecule has 0 aliphatic heterocycles. The van der Waals surface area contributed by atoms with Gasteiger partial charge in [-0.2, -0.15) is 11.8 Å². The van der Waals surface area contributed by atoms with Crippen molar-refractivity contribution in [1.82, 2.24) is 5.32 Å². The molecule has 0 unspecified atom stereocenters. The maximum Gasteiger partial charge on any atom is 0.264 e. The molecule has 1 N–H and O–H groups in total. The molecule has 0 bridgehead atoms. The fourth-order valence-electron chi connectivity index (χ4n) is 3.48. The molecule has 5 nitrogen and oxygen atoms in total. The van der Waals surface area contributed by atoms with Crippen molar-refractivity contribution in [2.75, 3.05) is 23.1 Å². The van der Waals surface area contributed by atoms with Gasteiger partial charge in [0.25, 0.3) is 10.0 Å². The highest BCUT2D eigenvalue weighted by Crippen LogP contribution is 2.28. The number of anilines is 1. The SMILES string of the molecule is Cc1ccc(S(=O)(=O)N(CC(=O)NCCCSCc2ccc(Cl)cc2)c2cc(C)ccc2C)cc1. The zero-order chi connectivity index (χ0) is 25.4. The Labute approximate surface area is 217 Å². The summed E-state index contributed by atoms with van der Waals surface area (Å²) in [6, 6.07) is 20.1. The molecule has 0 atom stereocenters. The lowest BCUT2D eigenvalue weighted by Crippen LogP contribution is -2.41. The van der Waals surface area contributed by atoms with Gasteiger partial charge in [0, 0.05) is 17.3 Å². The molecule has 0 heterocycles. The van der Waals surface area contributed by atoms with E-state index in [1.807, 2.05) is 63.2 Å². The maximum atomic E-state index is 13.5. The lowest BCUT2D eigenvalue weighted by molar-refractivity contribution is -0.119. The van der Waals surface area contributed by atoms with Crippen molar-refractivity contribution in [3.8, 4) is 0 Å². The quantitative estimate of drug-likeness (QED) is 0.313. The molecule has 0 fully saturated rings. The number of rotatable bonds is 11. The second-order valence-electron chi connectivity index (χ2n) is 8.50. The summed E-state index contributed by atoms with van der Waals surface area (Å²) in [5.41, 5.74) is 4.40. The van der Waals surface area contributed by atoms with E-state index in [2.05, 4.69) is 5.32 Å². The molecule has 3 rings (SSSR count). The topological polar surface area (TPSA) is 66.5 Å². The summed E-state index contributed by atoms with van der Waals surface area (Å²) in [5, 5.41) is 3.60. The zero-order valence-corrected chi connectivity index (χ0v) is 22.6. The zero-order valence-electron chi connectivity index (χ0n) is 20.3. The number of nitrogens with one attached hydrogen (secondary N) is 1. The van der Waals surface area contributed by atoms with Crippen molar-refractivity contribution >= 4 is 45.0 Å². The minimum absolute atomic E-state index is 0.162. The third kappa shape index (κ3) is 7.75. The molecule has 186 valence electrons. The number of aryl methyl sites for hydroxylation is 3. The minimum atomic E-state index is -3.92. The number of hydrogen-bond acceptors (Lipinski definition) is 4. The Kier molecular flexibility index (Phi) is 9.66. The highest BCUT2D eigenvalue weighted by Gasteiger charge is 2.28. The number of thioether (sulfide) groups is 1. The van der Waals surface area contributed by atoms with Gasteiger partial charge in [0.2, 0.25) is 5.91 Å². The molecule has 0 saturated heterocycles. The smallest absolute Gasteiger partial charge is 0.264 e. The number of hydrogen-bond donors (Lipinski definition) is 1. The third-order valence-corrected chi connectivity index (χ3v) is 8.64. The van der Waals surface area contributed by atoms with Crippen molar-refractivity contribution in [3.05, 3.63) is 94.0 Å². The van der Waals surface area contributed by atoms with Crippen LogP contribution in [0, 0.1) is 20.8 Å². The number of nitrogens with zero attached hydrogens (tertiary/aromatic N) is 1. The summed E-state index contributed by atoms with van der Waals surface area (Å²) in [4.78, 5) is 13.0. The summed E-state index contributed by atoms with van der Waals surface area (Å²) in [6.45, 7) is 5.86. The van der Waals surface area contributed by atoms with E-state index in [0.717, 1.165) is 39.6 Å². The molecule has 0 spiro atoms. The van der Waals surface area contributed by atoms with Gasteiger partial charge >= 0.3 is 0 Å². The number of benzene rings is 3. The maximum absolute atomic E-state index is 13.5. The van der Waals surface area contributed by atoms with Crippen LogP contribution in [0.1, 0.15) is 28.7 Å². The number of carbonyl (C=O) groups excluding carboxylic acids is 1. The van der Waals surface area contributed by atoms with Crippen molar-refractivity contribution in [1.29, 1.82) is 0 Å². The van der Waals surface area contributed by atoms with Crippen LogP contribution in [0.25, 0.3) is 0 Å². The Morgan fingerprint density at radius 1 is 0.943 bits per heavy atom. The predicted octanol–water partition coefficient (Wildman–Crippen LogP) is 5.90. The van der Waals surface area contributed by atoms with Gasteiger partial charge in [-0.3, -0.25) is 9.10 Å². The van der Waals surface area contributed by atoms with Gasteiger partial charge in [-0.25, -0.2) is 8.42 Å².